The summed E-state index contributed by atoms with van der Waals surface area (Å²) in [7, 11) is 2.91. The van der Waals surface area contributed by atoms with Gasteiger partial charge < -0.3 is 29.3 Å². The molecule has 4 heterocycles. The maximum absolute atomic E-state index is 11.9. The second-order valence-corrected chi connectivity index (χ2v) is 8.65. The van der Waals surface area contributed by atoms with E-state index in [0.29, 0.717) is 37.9 Å². The zero-order chi connectivity index (χ0) is 25.1. The van der Waals surface area contributed by atoms with Gasteiger partial charge in [0.1, 0.15) is 11.6 Å². The summed E-state index contributed by atoms with van der Waals surface area (Å²) in [6.07, 6.45) is 2.50. The van der Waals surface area contributed by atoms with Crippen molar-refractivity contribution in [2.75, 3.05) is 58.5 Å². The first kappa shape index (κ1) is 23.8. The summed E-state index contributed by atoms with van der Waals surface area (Å²) in [6, 6.07) is 7.20. The highest BCUT2D eigenvalue weighted by atomic mass is 16.6. The fraction of sp³-hybridized carbons (Fsp3) is 0.458. The van der Waals surface area contributed by atoms with Gasteiger partial charge in [0.2, 0.25) is 0 Å². The van der Waals surface area contributed by atoms with Crippen LogP contribution in [0, 0.1) is 0 Å². The third-order valence-corrected chi connectivity index (χ3v) is 6.51. The molecule has 2 aliphatic rings. The molecule has 1 aromatic carbocycles. The second-order valence-electron chi connectivity index (χ2n) is 8.65. The molecule has 2 fully saturated rings. The Kier molecular flexibility index (Phi) is 6.85. The minimum Gasteiger partial charge on any atom is -0.453 e. The predicted octanol–water partition coefficient (Wildman–Crippen LogP) is 2.45. The Morgan fingerprint density at radius 1 is 1.06 bits per heavy atom. The third kappa shape index (κ3) is 4.76. The molecular formula is C24H29N7O5. The topological polar surface area (TPSA) is 124 Å². The number of amides is 2. The molecule has 12 nitrogen and oxygen atoms in total. The number of ether oxygens (including phenoxy) is 3. The minimum absolute atomic E-state index is 0.104. The van der Waals surface area contributed by atoms with E-state index in [2.05, 4.69) is 10.2 Å². The number of morpholine rings is 1. The number of nitrogens with zero attached hydrogens (tertiary/aromatic N) is 6. The molecule has 36 heavy (non-hydrogen) atoms. The van der Waals surface area contributed by atoms with Gasteiger partial charge in [-0.05, 0) is 37.1 Å². The fourth-order valence-electron chi connectivity index (χ4n) is 4.58. The van der Waals surface area contributed by atoms with Gasteiger partial charge in [0.05, 0.1) is 37.9 Å². The summed E-state index contributed by atoms with van der Waals surface area (Å²) < 4.78 is 17.6. The highest BCUT2D eigenvalue weighted by Gasteiger charge is 2.28. The van der Waals surface area contributed by atoms with E-state index in [1.54, 1.807) is 17.0 Å². The molecule has 0 unspecified atom stereocenters. The Bertz CT molecular complexity index is 1230. The normalized spacial score (nSPS) is 16.7. The number of piperidine rings is 1. The van der Waals surface area contributed by atoms with Crippen LogP contribution in [0.5, 0.6) is 5.75 Å². The zero-order valence-corrected chi connectivity index (χ0v) is 20.3. The van der Waals surface area contributed by atoms with Crippen molar-refractivity contribution in [2.24, 2.45) is 0 Å². The Balaban J connectivity index is 1.50. The van der Waals surface area contributed by atoms with Crippen LogP contribution < -0.4 is 15.0 Å². The molecule has 12 heteroatoms. The van der Waals surface area contributed by atoms with Crippen LogP contribution in [0.25, 0.3) is 22.4 Å². The molecule has 3 aromatic rings. The summed E-state index contributed by atoms with van der Waals surface area (Å²) in [5, 5.41) is 8.03. The lowest BCUT2D eigenvalue weighted by molar-refractivity contribution is 0.106. The summed E-state index contributed by atoms with van der Waals surface area (Å²) in [5.74, 6) is 1.81. The number of carbonyl (C=O) groups is 2. The number of benzene rings is 1. The van der Waals surface area contributed by atoms with Crippen molar-refractivity contribution < 1.29 is 23.8 Å². The Labute approximate surface area is 208 Å². The maximum atomic E-state index is 11.9. The molecule has 0 spiro atoms. The van der Waals surface area contributed by atoms with Gasteiger partial charge in [0, 0.05) is 38.8 Å². The first-order valence-electron chi connectivity index (χ1n) is 12.0. The molecule has 190 valence electrons. The van der Waals surface area contributed by atoms with Crippen LogP contribution in [0.3, 0.4) is 0 Å². The van der Waals surface area contributed by atoms with E-state index in [0.717, 1.165) is 48.3 Å². The van der Waals surface area contributed by atoms with E-state index < -0.39 is 6.09 Å². The highest BCUT2D eigenvalue weighted by molar-refractivity contribution is 5.89. The van der Waals surface area contributed by atoms with Gasteiger partial charge in [0.25, 0.3) is 0 Å². The second kappa shape index (κ2) is 10.4. The first-order valence-corrected chi connectivity index (χ1v) is 12.0. The van der Waals surface area contributed by atoms with E-state index in [-0.39, 0.29) is 12.1 Å². The van der Waals surface area contributed by atoms with E-state index in [4.69, 9.17) is 29.3 Å². The number of hydrogen-bond acceptors (Lipinski definition) is 9. The van der Waals surface area contributed by atoms with Gasteiger partial charge in [-0.1, -0.05) is 0 Å². The monoisotopic (exact) mass is 495 g/mol. The van der Waals surface area contributed by atoms with Crippen molar-refractivity contribution in [3.63, 3.8) is 0 Å². The number of anilines is 1. The number of nitrogens with one attached hydrogen (secondary N) is 1. The molecule has 0 radical (unpaired) electrons. The number of aromatic nitrogens is 4. The van der Waals surface area contributed by atoms with E-state index in [1.165, 1.54) is 14.2 Å². The molecule has 0 atom stereocenters. The van der Waals surface area contributed by atoms with Crippen molar-refractivity contribution in [1.29, 1.82) is 0 Å². The lowest BCUT2D eigenvalue weighted by Gasteiger charge is -2.31. The van der Waals surface area contributed by atoms with Crippen molar-refractivity contribution in [3.05, 3.63) is 30.5 Å². The van der Waals surface area contributed by atoms with Gasteiger partial charge in [-0.15, -0.1) is 0 Å². The van der Waals surface area contributed by atoms with Crippen LogP contribution in [0.4, 0.5) is 15.4 Å². The molecule has 5 rings (SSSR count). The van der Waals surface area contributed by atoms with E-state index in [1.807, 2.05) is 23.0 Å². The number of carbonyl (C=O) groups excluding carboxylic acids is 2. The fourth-order valence-corrected chi connectivity index (χ4v) is 4.58. The highest BCUT2D eigenvalue weighted by Crippen LogP contribution is 2.32. The standard InChI is InChI=1S/C24H29N7O5/c1-25-23(32)36-18-5-3-16(4-6-18)20-27-21(29-11-13-35-14-12-29)19-15-26-31(22(19)28-20)17-7-9-30(10-8-17)24(33)34-2/h3-6,15,17H,7-14H2,1-2H3,(H,25,32). The lowest BCUT2D eigenvalue weighted by atomic mass is 10.1. The molecule has 2 aliphatic heterocycles. The van der Waals surface area contributed by atoms with Gasteiger partial charge in [-0.3, -0.25) is 0 Å². The number of fused-ring (bicyclic) bond motifs is 1. The van der Waals surface area contributed by atoms with Crippen LogP contribution in [0.2, 0.25) is 0 Å². The Morgan fingerprint density at radius 2 is 1.78 bits per heavy atom. The van der Waals surface area contributed by atoms with Crippen molar-refractivity contribution in [1.82, 2.24) is 30.0 Å². The molecule has 2 aromatic heterocycles. The van der Waals surface area contributed by atoms with Crippen molar-refractivity contribution in [3.8, 4) is 17.1 Å². The average Bonchev–Trinajstić information content (AvgIpc) is 3.37. The van der Waals surface area contributed by atoms with Crippen molar-refractivity contribution >= 4 is 29.0 Å². The number of methoxy groups -OCH3 is 1. The Morgan fingerprint density at radius 3 is 2.44 bits per heavy atom. The number of likely N-dealkylation sites (tertiary alicyclic amines) is 1. The van der Waals surface area contributed by atoms with Gasteiger partial charge in [-0.2, -0.15) is 5.10 Å². The number of hydrogen-bond donors (Lipinski definition) is 1. The van der Waals surface area contributed by atoms with Gasteiger partial charge in [0.15, 0.2) is 11.5 Å². The van der Waals surface area contributed by atoms with Crippen LogP contribution >= 0.6 is 0 Å². The minimum atomic E-state index is -0.530. The summed E-state index contributed by atoms with van der Waals surface area (Å²) in [6.45, 7) is 3.92. The molecule has 0 bridgehead atoms. The molecule has 2 amide bonds. The zero-order valence-electron chi connectivity index (χ0n) is 20.3. The van der Waals surface area contributed by atoms with Gasteiger partial charge >= 0.3 is 12.2 Å². The maximum Gasteiger partial charge on any atom is 0.412 e. The molecule has 0 saturated carbocycles. The van der Waals surface area contributed by atoms with Crippen LogP contribution in [0.1, 0.15) is 18.9 Å². The SMILES string of the molecule is CNC(=O)Oc1ccc(-c2nc(N3CCOCC3)c3cnn(C4CCN(C(=O)OC)CC4)c3n2)cc1. The van der Waals surface area contributed by atoms with E-state index >= 15 is 0 Å². The van der Waals surface area contributed by atoms with E-state index in [9.17, 15) is 9.59 Å². The Hall–Kier alpha value is -3.93. The summed E-state index contributed by atoms with van der Waals surface area (Å²) >= 11 is 0. The van der Waals surface area contributed by atoms with Crippen LogP contribution in [0.15, 0.2) is 30.5 Å². The molecule has 0 aliphatic carbocycles. The predicted molar refractivity (Wildman–Crippen MR) is 131 cm³/mol. The van der Waals surface area contributed by atoms with Crippen LogP contribution in [-0.4, -0.2) is 90.4 Å². The molecular weight excluding hydrogens is 466 g/mol. The van der Waals surface area contributed by atoms with Crippen LogP contribution in [-0.2, 0) is 9.47 Å². The first-order chi connectivity index (χ1) is 17.6. The molecule has 2 saturated heterocycles. The average molecular weight is 496 g/mol. The molecule has 1 N–H and O–H groups in total. The largest absolute Gasteiger partial charge is 0.453 e. The lowest BCUT2D eigenvalue weighted by Crippen LogP contribution is -2.39. The smallest absolute Gasteiger partial charge is 0.412 e. The quantitative estimate of drug-likeness (QED) is 0.581. The summed E-state index contributed by atoms with van der Waals surface area (Å²) in [5.41, 5.74) is 1.55. The van der Waals surface area contributed by atoms with Gasteiger partial charge in [-0.25, -0.2) is 24.2 Å². The third-order valence-electron chi connectivity index (χ3n) is 6.51. The number of rotatable bonds is 4. The van der Waals surface area contributed by atoms with Crippen molar-refractivity contribution in [2.45, 2.75) is 18.9 Å². The summed E-state index contributed by atoms with van der Waals surface area (Å²) in [4.78, 5) is 37.2.